The van der Waals surface area contributed by atoms with Crippen LogP contribution in [0.1, 0.15) is 23.5 Å². The van der Waals surface area contributed by atoms with Gasteiger partial charge in [0.25, 0.3) is 10.0 Å². The van der Waals surface area contributed by atoms with E-state index in [0.29, 0.717) is 12.1 Å². The first-order chi connectivity index (χ1) is 12.3. The van der Waals surface area contributed by atoms with Crippen molar-refractivity contribution >= 4 is 15.7 Å². The Morgan fingerprint density at radius 2 is 1.85 bits per heavy atom. The van der Waals surface area contributed by atoms with E-state index in [1.807, 2.05) is 19.1 Å². The summed E-state index contributed by atoms with van der Waals surface area (Å²) in [5.74, 6) is -2.08. The summed E-state index contributed by atoms with van der Waals surface area (Å²) < 4.78 is 56.4. The molecule has 1 fully saturated rings. The van der Waals surface area contributed by atoms with E-state index in [0.717, 1.165) is 36.3 Å². The number of hydrogen-bond acceptors (Lipinski definition) is 2. The van der Waals surface area contributed by atoms with Gasteiger partial charge in [0.05, 0.1) is 37.8 Å². The summed E-state index contributed by atoms with van der Waals surface area (Å²) in [6.07, 6.45) is 0.652. The zero-order chi connectivity index (χ0) is 18.6. The first kappa shape index (κ1) is 17.4. The fourth-order valence-corrected chi connectivity index (χ4v) is 6.15. The summed E-state index contributed by atoms with van der Waals surface area (Å²) in [6, 6.07) is 8.43. The highest BCUT2D eigenvalue weighted by molar-refractivity contribution is 7.93. The minimum atomic E-state index is -4.34. The van der Waals surface area contributed by atoms with Crippen LogP contribution in [0.3, 0.4) is 0 Å². The number of quaternary nitrogens is 1. The van der Waals surface area contributed by atoms with E-state index >= 15 is 0 Å². The van der Waals surface area contributed by atoms with Crippen molar-refractivity contribution in [2.75, 3.05) is 24.4 Å². The third-order valence-electron chi connectivity index (χ3n) is 5.46. The Bertz CT molecular complexity index is 957. The topological polar surface area (TPSA) is 41.8 Å². The molecule has 0 radical (unpaired) electrons. The molecule has 0 aliphatic carbocycles. The molecule has 2 aromatic rings. The molecule has 1 saturated heterocycles. The fourth-order valence-electron chi connectivity index (χ4n) is 4.29. The molecule has 1 N–H and O–H groups in total. The molecule has 0 amide bonds. The SMILES string of the molecule is Cc1ccc2c(c1)[C@@H]1C[NH+](C)CC[C@@H]1N2S(=O)(=O)c1c(F)cccc1F. The summed E-state index contributed by atoms with van der Waals surface area (Å²) >= 11 is 0. The van der Waals surface area contributed by atoms with Crippen molar-refractivity contribution in [2.24, 2.45) is 0 Å². The first-order valence-corrected chi connectivity index (χ1v) is 10.1. The molecule has 26 heavy (non-hydrogen) atoms. The van der Waals surface area contributed by atoms with E-state index in [4.69, 9.17) is 0 Å². The second-order valence-corrected chi connectivity index (χ2v) is 9.04. The maximum Gasteiger partial charge on any atom is 0.270 e. The molecule has 1 unspecified atom stereocenters. The van der Waals surface area contributed by atoms with E-state index in [1.54, 1.807) is 6.07 Å². The number of fused-ring (bicyclic) bond motifs is 3. The van der Waals surface area contributed by atoms with Gasteiger partial charge in [0.1, 0.15) is 11.6 Å². The molecule has 0 aromatic heterocycles. The predicted molar refractivity (Wildman–Crippen MR) is 95.0 cm³/mol. The largest absolute Gasteiger partial charge is 0.337 e. The van der Waals surface area contributed by atoms with Gasteiger partial charge < -0.3 is 4.90 Å². The van der Waals surface area contributed by atoms with E-state index in [-0.39, 0.29) is 12.0 Å². The molecular weight excluding hydrogens is 358 g/mol. The first-order valence-electron chi connectivity index (χ1n) is 8.71. The Hall–Kier alpha value is -1.99. The lowest BCUT2D eigenvalue weighted by atomic mass is 9.89. The monoisotopic (exact) mass is 379 g/mol. The van der Waals surface area contributed by atoms with Crippen LogP contribution in [0.4, 0.5) is 14.5 Å². The summed E-state index contributed by atoms with van der Waals surface area (Å²) in [7, 11) is -2.26. The Kier molecular flexibility index (Phi) is 4.04. The molecule has 2 aliphatic heterocycles. The average Bonchev–Trinajstić information content (AvgIpc) is 2.88. The van der Waals surface area contributed by atoms with Crippen molar-refractivity contribution in [1.29, 1.82) is 0 Å². The Morgan fingerprint density at radius 1 is 1.15 bits per heavy atom. The number of likely N-dealkylation sites (N-methyl/N-ethyl adjacent to an activating group) is 1. The highest BCUT2D eigenvalue weighted by Crippen LogP contribution is 2.46. The quantitative estimate of drug-likeness (QED) is 0.865. The molecule has 7 heteroatoms. The molecule has 138 valence electrons. The second kappa shape index (κ2) is 6.03. The number of benzene rings is 2. The fraction of sp³-hybridized carbons (Fsp3) is 0.368. The van der Waals surface area contributed by atoms with Crippen molar-refractivity contribution in [3.8, 4) is 0 Å². The second-order valence-electron chi connectivity index (χ2n) is 7.29. The highest BCUT2D eigenvalue weighted by atomic mass is 32.2. The van der Waals surface area contributed by atoms with Crippen LogP contribution >= 0.6 is 0 Å². The van der Waals surface area contributed by atoms with Crippen LogP contribution in [0.5, 0.6) is 0 Å². The molecule has 2 heterocycles. The van der Waals surface area contributed by atoms with Crippen LogP contribution in [0.2, 0.25) is 0 Å². The van der Waals surface area contributed by atoms with Crippen LogP contribution in [0, 0.1) is 18.6 Å². The zero-order valence-electron chi connectivity index (χ0n) is 14.7. The van der Waals surface area contributed by atoms with Gasteiger partial charge in [-0.25, -0.2) is 17.2 Å². The Morgan fingerprint density at radius 3 is 2.54 bits per heavy atom. The van der Waals surface area contributed by atoms with Crippen LogP contribution in [-0.4, -0.2) is 34.6 Å². The number of aryl methyl sites for hydroxylation is 1. The number of halogens is 2. The smallest absolute Gasteiger partial charge is 0.270 e. The normalized spacial score (nSPS) is 25.1. The van der Waals surface area contributed by atoms with Gasteiger partial charge >= 0.3 is 0 Å². The van der Waals surface area contributed by atoms with Gasteiger partial charge in [0.15, 0.2) is 4.90 Å². The molecule has 2 aromatic carbocycles. The molecule has 2 aliphatic rings. The third kappa shape index (κ3) is 2.53. The maximum absolute atomic E-state index is 14.3. The Labute approximate surface area is 152 Å². The average molecular weight is 379 g/mol. The van der Waals surface area contributed by atoms with Gasteiger partial charge in [-0.3, -0.25) is 4.31 Å². The number of sulfonamides is 1. The van der Waals surface area contributed by atoms with Gasteiger partial charge in [-0.1, -0.05) is 23.8 Å². The Balaban J connectivity index is 1.91. The van der Waals surface area contributed by atoms with Crippen molar-refractivity contribution < 1.29 is 22.1 Å². The van der Waals surface area contributed by atoms with E-state index in [1.165, 1.54) is 15.3 Å². The molecular formula is C19H21F2N2O2S+. The number of piperidine rings is 1. The lowest BCUT2D eigenvalue weighted by Gasteiger charge is -2.34. The van der Waals surface area contributed by atoms with Crippen LogP contribution in [-0.2, 0) is 10.0 Å². The van der Waals surface area contributed by atoms with Crippen molar-refractivity contribution in [3.05, 3.63) is 59.2 Å². The highest BCUT2D eigenvalue weighted by Gasteiger charge is 2.49. The molecule has 0 spiro atoms. The third-order valence-corrected chi connectivity index (χ3v) is 7.35. The lowest BCUT2D eigenvalue weighted by molar-refractivity contribution is -0.886. The van der Waals surface area contributed by atoms with Crippen LogP contribution in [0.25, 0.3) is 0 Å². The van der Waals surface area contributed by atoms with Crippen LogP contribution < -0.4 is 9.21 Å². The van der Waals surface area contributed by atoms with Gasteiger partial charge in [-0.15, -0.1) is 0 Å². The van der Waals surface area contributed by atoms with Gasteiger partial charge in [-0.2, -0.15) is 0 Å². The minimum absolute atomic E-state index is 0.0308. The lowest BCUT2D eigenvalue weighted by Crippen LogP contribution is -3.11. The van der Waals surface area contributed by atoms with E-state index in [9.17, 15) is 17.2 Å². The molecule has 4 rings (SSSR count). The van der Waals surface area contributed by atoms with Crippen molar-refractivity contribution in [3.63, 3.8) is 0 Å². The molecule has 0 saturated carbocycles. The predicted octanol–water partition coefficient (Wildman–Crippen LogP) is 1.85. The summed E-state index contributed by atoms with van der Waals surface area (Å²) in [6.45, 7) is 3.58. The molecule has 0 bridgehead atoms. The molecule has 4 nitrogen and oxygen atoms in total. The number of hydrogen-bond donors (Lipinski definition) is 1. The standard InChI is InChI=1S/C19H20F2N2O2S/c1-12-6-7-17-13(10-12)14-11-22(2)9-8-18(14)23(17)26(24,25)19-15(20)4-3-5-16(19)21/h3-7,10,14,18H,8-9,11H2,1-2H3/p+1/t14-,18-/m0/s1. The zero-order valence-corrected chi connectivity index (χ0v) is 15.5. The number of nitrogens with zero attached hydrogens (tertiary/aromatic N) is 1. The maximum atomic E-state index is 14.3. The van der Waals surface area contributed by atoms with Crippen LogP contribution in [0.15, 0.2) is 41.3 Å². The van der Waals surface area contributed by atoms with Gasteiger partial charge in [0.2, 0.25) is 0 Å². The number of likely N-dealkylation sites (tertiary alicyclic amines) is 1. The number of rotatable bonds is 2. The van der Waals surface area contributed by atoms with E-state index in [2.05, 4.69) is 7.05 Å². The van der Waals surface area contributed by atoms with Crippen molar-refractivity contribution in [1.82, 2.24) is 0 Å². The van der Waals surface area contributed by atoms with Crippen molar-refractivity contribution in [2.45, 2.75) is 30.2 Å². The van der Waals surface area contributed by atoms with E-state index < -0.39 is 26.6 Å². The van der Waals surface area contributed by atoms with Gasteiger partial charge in [0, 0.05) is 6.42 Å². The summed E-state index contributed by atoms with van der Waals surface area (Å²) in [5, 5.41) is 0. The minimum Gasteiger partial charge on any atom is -0.337 e. The van der Waals surface area contributed by atoms with Gasteiger partial charge in [-0.05, 0) is 30.7 Å². The number of nitrogens with one attached hydrogen (secondary N) is 1. The summed E-state index contributed by atoms with van der Waals surface area (Å²) in [4.78, 5) is 0.466. The number of anilines is 1. The summed E-state index contributed by atoms with van der Waals surface area (Å²) in [5.41, 5.74) is 2.54. The molecule has 3 atom stereocenters.